The number of nitrogens with zero attached hydrogens (tertiary/aromatic N) is 1. The van der Waals surface area contributed by atoms with Crippen molar-refractivity contribution in [3.8, 4) is 0 Å². The normalized spacial score (nSPS) is 24.0. The minimum Gasteiger partial charge on any atom is -0.351 e. The van der Waals surface area contributed by atoms with Gasteiger partial charge >= 0.3 is 0 Å². The van der Waals surface area contributed by atoms with E-state index in [1.165, 1.54) is 0 Å². The van der Waals surface area contributed by atoms with Crippen LogP contribution in [0.3, 0.4) is 0 Å². The molecule has 6 heteroatoms. The summed E-state index contributed by atoms with van der Waals surface area (Å²) in [5, 5.41) is 0.701. The van der Waals surface area contributed by atoms with Crippen LogP contribution in [0.5, 0.6) is 0 Å². The Kier molecular flexibility index (Phi) is 6.54. The molecular weight excluding hydrogens is 371 g/mol. The fourth-order valence-electron chi connectivity index (χ4n) is 2.99. The highest BCUT2D eigenvalue weighted by atomic mass is 35.5. The van der Waals surface area contributed by atoms with Crippen molar-refractivity contribution in [2.24, 2.45) is 0 Å². The van der Waals surface area contributed by atoms with Crippen LogP contribution in [0.25, 0.3) is 10.7 Å². The summed E-state index contributed by atoms with van der Waals surface area (Å²) in [7, 11) is 1.66. The van der Waals surface area contributed by atoms with Crippen molar-refractivity contribution >= 4 is 33.9 Å². The molecule has 0 atom stereocenters. The van der Waals surface area contributed by atoms with Gasteiger partial charge in [-0.25, -0.2) is 4.84 Å². The second kappa shape index (κ2) is 8.87. The monoisotopic (exact) mass is 392 g/mol. The van der Waals surface area contributed by atoms with E-state index in [1.807, 2.05) is 42.5 Å². The zero-order chi connectivity index (χ0) is 18.4. The SMILES string of the molecule is COC1(ONC(=C(Cl)c2cccnc2)c2ccccc2)CCC(Cl)CC1. The lowest BCUT2D eigenvalue weighted by molar-refractivity contribution is -0.259. The van der Waals surface area contributed by atoms with Crippen LogP contribution in [0.1, 0.15) is 36.8 Å². The molecule has 0 bridgehead atoms. The molecule has 1 saturated carbocycles. The van der Waals surface area contributed by atoms with Crippen LogP contribution in [0, 0.1) is 0 Å². The Labute approximate surface area is 164 Å². The highest BCUT2D eigenvalue weighted by molar-refractivity contribution is 6.52. The number of pyridine rings is 1. The number of nitrogens with one attached hydrogen (secondary N) is 1. The molecule has 1 aromatic heterocycles. The first kappa shape index (κ1) is 19.2. The van der Waals surface area contributed by atoms with E-state index in [0.717, 1.165) is 36.8 Å². The smallest absolute Gasteiger partial charge is 0.193 e. The maximum absolute atomic E-state index is 6.67. The number of hydrogen-bond acceptors (Lipinski definition) is 4. The van der Waals surface area contributed by atoms with Crippen LogP contribution in [0.4, 0.5) is 0 Å². The standard InChI is InChI=1S/C20H22Cl2N2O2/c1-25-20(11-9-17(21)10-12-20)26-24-19(15-6-3-2-4-7-15)18(22)16-8-5-13-23-14-16/h2-8,13-14,17,24H,9-12H2,1H3. The molecule has 1 heterocycles. The number of aromatic nitrogens is 1. The molecule has 3 rings (SSSR count). The van der Waals surface area contributed by atoms with Crippen molar-refractivity contribution in [2.75, 3.05) is 7.11 Å². The van der Waals surface area contributed by atoms with E-state index in [-0.39, 0.29) is 5.38 Å². The van der Waals surface area contributed by atoms with Crippen LogP contribution in [-0.2, 0) is 9.57 Å². The number of hydroxylamine groups is 1. The van der Waals surface area contributed by atoms with Gasteiger partial charge in [0.2, 0.25) is 0 Å². The quantitative estimate of drug-likeness (QED) is 0.417. The average Bonchev–Trinajstić information content (AvgIpc) is 2.71. The van der Waals surface area contributed by atoms with Gasteiger partial charge in [0, 0.05) is 48.8 Å². The predicted octanol–water partition coefficient (Wildman–Crippen LogP) is 5.19. The van der Waals surface area contributed by atoms with Crippen LogP contribution in [0.15, 0.2) is 54.9 Å². The van der Waals surface area contributed by atoms with Gasteiger partial charge in [-0.2, -0.15) is 0 Å². The van der Waals surface area contributed by atoms with Crippen molar-refractivity contribution in [3.63, 3.8) is 0 Å². The number of ether oxygens (including phenoxy) is 1. The summed E-state index contributed by atoms with van der Waals surface area (Å²) < 4.78 is 5.68. The third-order valence-electron chi connectivity index (χ3n) is 4.58. The average molecular weight is 393 g/mol. The molecule has 0 unspecified atom stereocenters. The van der Waals surface area contributed by atoms with Crippen molar-refractivity contribution in [2.45, 2.75) is 36.8 Å². The molecular formula is C20H22Cl2N2O2. The Hall–Kier alpha value is -1.59. The van der Waals surface area contributed by atoms with Crippen LogP contribution in [-0.4, -0.2) is 23.3 Å². The minimum absolute atomic E-state index is 0.171. The van der Waals surface area contributed by atoms with Gasteiger partial charge in [-0.3, -0.25) is 10.5 Å². The van der Waals surface area contributed by atoms with Gasteiger partial charge in [0.1, 0.15) is 0 Å². The summed E-state index contributed by atoms with van der Waals surface area (Å²) in [4.78, 5) is 10.2. The number of alkyl halides is 1. The molecule has 1 N–H and O–H groups in total. The maximum Gasteiger partial charge on any atom is 0.193 e. The Bertz CT molecular complexity index is 730. The van der Waals surface area contributed by atoms with E-state index in [9.17, 15) is 0 Å². The van der Waals surface area contributed by atoms with Gasteiger partial charge in [0.05, 0.1) is 10.7 Å². The molecule has 1 aliphatic rings. The highest BCUT2D eigenvalue weighted by Crippen LogP contribution is 2.35. The topological polar surface area (TPSA) is 43.4 Å². The number of halogens is 2. The molecule has 138 valence electrons. The van der Waals surface area contributed by atoms with Gasteiger partial charge in [-0.05, 0) is 18.9 Å². The van der Waals surface area contributed by atoms with Gasteiger partial charge in [0.15, 0.2) is 5.79 Å². The third-order valence-corrected chi connectivity index (χ3v) is 5.43. The molecule has 0 spiro atoms. The zero-order valence-corrected chi connectivity index (χ0v) is 16.1. The summed E-state index contributed by atoms with van der Waals surface area (Å²) in [6.07, 6.45) is 6.56. The number of benzene rings is 1. The van der Waals surface area contributed by atoms with Crippen molar-refractivity contribution in [1.82, 2.24) is 10.5 Å². The molecule has 1 aliphatic carbocycles. The summed E-state index contributed by atoms with van der Waals surface area (Å²) in [6, 6.07) is 13.6. The number of methoxy groups -OCH3 is 1. The van der Waals surface area contributed by atoms with Crippen molar-refractivity contribution < 1.29 is 9.57 Å². The lowest BCUT2D eigenvalue weighted by atomic mass is 9.94. The van der Waals surface area contributed by atoms with Crippen LogP contribution < -0.4 is 5.48 Å². The number of rotatable bonds is 6. The molecule has 1 aromatic carbocycles. The maximum atomic E-state index is 6.67. The van der Waals surface area contributed by atoms with E-state index >= 15 is 0 Å². The first-order valence-electron chi connectivity index (χ1n) is 8.62. The summed E-state index contributed by atoms with van der Waals surface area (Å²) in [6.45, 7) is 0. The van der Waals surface area contributed by atoms with Crippen LogP contribution >= 0.6 is 23.2 Å². The Morgan fingerprint density at radius 1 is 1.12 bits per heavy atom. The molecule has 0 radical (unpaired) electrons. The fraction of sp³-hybridized carbons (Fsp3) is 0.350. The summed E-state index contributed by atoms with van der Waals surface area (Å²) >= 11 is 12.9. The Balaban J connectivity index is 1.87. The number of hydrogen-bond donors (Lipinski definition) is 1. The first-order chi connectivity index (χ1) is 12.6. The second-order valence-corrected chi connectivity index (χ2v) is 7.29. The summed E-state index contributed by atoms with van der Waals surface area (Å²) in [5.74, 6) is -0.711. The minimum atomic E-state index is -0.711. The predicted molar refractivity (Wildman–Crippen MR) is 105 cm³/mol. The van der Waals surface area contributed by atoms with E-state index in [0.29, 0.717) is 10.7 Å². The molecule has 0 amide bonds. The Morgan fingerprint density at radius 2 is 1.81 bits per heavy atom. The molecule has 0 aliphatic heterocycles. The first-order valence-corrected chi connectivity index (χ1v) is 9.44. The lowest BCUT2D eigenvalue weighted by Crippen LogP contribution is -2.43. The largest absolute Gasteiger partial charge is 0.351 e. The van der Waals surface area contributed by atoms with Gasteiger partial charge in [0.25, 0.3) is 0 Å². The highest BCUT2D eigenvalue weighted by Gasteiger charge is 2.37. The summed E-state index contributed by atoms with van der Waals surface area (Å²) in [5.41, 5.74) is 5.45. The zero-order valence-electron chi connectivity index (χ0n) is 14.6. The molecule has 2 aromatic rings. The van der Waals surface area contributed by atoms with Crippen molar-refractivity contribution in [1.29, 1.82) is 0 Å². The molecule has 26 heavy (non-hydrogen) atoms. The molecule has 4 nitrogen and oxygen atoms in total. The Morgan fingerprint density at radius 3 is 2.42 bits per heavy atom. The second-order valence-electron chi connectivity index (χ2n) is 6.29. The van der Waals surface area contributed by atoms with E-state index in [4.69, 9.17) is 32.8 Å². The van der Waals surface area contributed by atoms with Gasteiger partial charge in [-0.1, -0.05) is 48.0 Å². The van der Waals surface area contributed by atoms with E-state index in [1.54, 1.807) is 19.5 Å². The lowest BCUT2D eigenvalue weighted by Gasteiger charge is -2.37. The van der Waals surface area contributed by atoms with Crippen LogP contribution in [0.2, 0.25) is 0 Å². The molecule has 0 saturated heterocycles. The fourth-order valence-corrected chi connectivity index (χ4v) is 3.46. The van der Waals surface area contributed by atoms with E-state index in [2.05, 4.69) is 10.5 Å². The van der Waals surface area contributed by atoms with Crippen molar-refractivity contribution in [3.05, 3.63) is 66.0 Å². The molecule has 1 fully saturated rings. The van der Waals surface area contributed by atoms with E-state index < -0.39 is 5.79 Å². The van der Waals surface area contributed by atoms with Gasteiger partial charge in [-0.15, -0.1) is 11.6 Å². The van der Waals surface area contributed by atoms with Gasteiger partial charge < -0.3 is 4.74 Å². The third kappa shape index (κ3) is 4.57.